The monoisotopic (exact) mass is 301 g/mol. The van der Waals surface area contributed by atoms with Gasteiger partial charge < -0.3 is 9.67 Å². The van der Waals surface area contributed by atoms with Crippen LogP contribution in [0.25, 0.3) is 11.0 Å². The van der Waals surface area contributed by atoms with Crippen LogP contribution in [-0.4, -0.2) is 19.6 Å². The molecule has 0 aliphatic carbocycles. The van der Waals surface area contributed by atoms with Crippen molar-refractivity contribution in [3.63, 3.8) is 0 Å². The summed E-state index contributed by atoms with van der Waals surface area (Å²) < 4.78 is 2.21. The average Bonchev–Trinajstić information content (AvgIpc) is 3.04. The minimum atomic E-state index is -0.587. The summed E-state index contributed by atoms with van der Waals surface area (Å²) in [5.41, 5.74) is 3.08. The molecule has 0 fully saturated rings. The molecule has 3 rings (SSSR count). The largest absolute Gasteiger partial charge is 0.385 e. The van der Waals surface area contributed by atoms with E-state index in [0.29, 0.717) is 6.42 Å². The van der Waals surface area contributed by atoms with Crippen molar-refractivity contribution in [3.8, 4) is 0 Å². The van der Waals surface area contributed by atoms with Crippen LogP contribution in [0, 0.1) is 6.92 Å². The van der Waals surface area contributed by atoms with E-state index < -0.39 is 6.10 Å². The first-order valence-electron chi connectivity index (χ1n) is 7.23. The van der Waals surface area contributed by atoms with Gasteiger partial charge in [-0.2, -0.15) is 0 Å². The second-order valence-electron chi connectivity index (χ2n) is 5.22. The fourth-order valence-electron chi connectivity index (χ4n) is 2.54. The molecule has 2 aromatic heterocycles. The van der Waals surface area contributed by atoms with Crippen LogP contribution >= 0.6 is 11.3 Å². The molecule has 1 N–H and O–H groups in total. The van der Waals surface area contributed by atoms with Gasteiger partial charge in [0, 0.05) is 24.0 Å². The molecule has 0 amide bonds. The third kappa shape index (κ3) is 2.84. The molecule has 0 saturated heterocycles. The van der Waals surface area contributed by atoms with E-state index in [4.69, 9.17) is 0 Å². The van der Waals surface area contributed by atoms with Crippen molar-refractivity contribution >= 4 is 22.4 Å². The van der Waals surface area contributed by atoms with Crippen molar-refractivity contribution in [3.05, 3.63) is 46.2 Å². The van der Waals surface area contributed by atoms with Crippen molar-refractivity contribution in [1.82, 2.24) is 14.5 Å². The molecule has 21 heavy (non-hydrogen) atoms. The fraction of sp³-hybridized carbons (Fsp3) is 0.375. The van der Waals surface area contributed by atoms with Crippen LogP contribution in [-0.2, 0) is 13.0 Å². The Hall–Kier alpha value is -1.72. The SMILES string of the molecule is CCCn1c(CC(O)c2nc(C)cs2)nc2ccccc21. The molecule has 0 saturated carbocycles. The predicted molar refractivity (Wildman–Crippen MR) is 85.5 cm³/mol. The third-order valence-corrected chi connectivity index (χ3v) is 4.54. The zero-order chi connectivity index (χ0) is 14.8. The van der Waals surface area contributed by atoms with Crippen LogP contribution in [0.2, 0.25) is 0 Å². The Kier molecular flexibility index (Phi) is 4.03. The van der Waals surface area contributed by atoms with E-state index in [1.165, 1.54) is 11.3 Å². The van der Waals surface area contributed by atoms with Gasteiger partial charge in [-0.1, -0.05) is 19.1 Å². The van der Waals surface area contributed by atoms with Crippen LogP contribution in [0.4, 0.5) is 0 Å². The molecule has 3 aromatic rings. The normalized spacial score (nSPS) is 12.9. The zero-order valence-electron chi connectivity index (χ0n) is 12.3. The first-order chi connectivity index (χ1) is 10.2. The van der Waals surface area contributed by atoms with Gasteiger partial charge in [-0.15, -0.1) is 11.3 Å². The van der Waals surface area contributed by atoms with E-state index in [2.05, 4.69) is 27.5 Å². The van der Waals surface area contributed by atoms with Crippen LogP contribution in [0.1, 0.15) is 36.0 Å². The Balaban J connectivity index is 1.94. The van der Waals surface area contributed by atoms with E-state index in [-0.39, 0.29) is 0 Å². The standard InChI is InChI=1S/C16H19N3OS/c1-3-8-19-13-7-5-4-6-12(13)18-15(19)9-14(20)16-17-11(2)10-21-16/h4-7,10,14,20H,3,8-9H2,1-2H3. The zero-order valence-corrected chi connectivity index (χ0v) is 13.1. The van der Waals surface area contributed by atoms with Crippen molar-refractivity contribution in [2.75, 3.05) is 0 Å². The number of hydrogen-bond donors (Lipinski definition) is 1. The number of nitrogens with zero attached hydrogens (tertiary/aromatic N) is 3. The number of aliphatic hydroxyl groups excluding tert-OH is 1. The molecule has 1 atom stereocenters. The summed E-state index contributed by atoms with van der Waals surface area (Å²) in [6.45, 7) is 5.01. The first kappa shape index (κ1) is 14.2. The molecule has 110 valence electrons. The molecule has 2 heterocycles. The van der Waals surface area contributed by atoms with Crippen LogP contribution < -0.4 is 0 Å². The molecule has 0 radical (unpaired) electrons. The number of aryl methyl sites for hydroxylation is 2. The lowest BCUT2D eigenvalue weighted by atomic mass is 10.2. The number of thiazole rings is 1. The van der Waals surface area contributed by atoms with Gasteiger partial charge in [0.05, 0.1) is 11.0 Å². The number of fused-ring (bicyclic) bond motifs is 1. The highest BCUT2D eigenvalue weighted by molar-refractivity contribution is 7.09. The van der Waals surface area contributed by atoms with Gasteiger partial charge in [0.1, 0.15) is 16.9 Å². The Morgan fingerprint density at radius 1 is 1.29 bits per heavy atom. The number of benzene rings is 1. The summed E-state index contributed by atoms with van der Waals surface area (Å²) in [5.74, 6) is 0.929. The van der Waals surface area contributed by atoms with Gasteiger partial charge >= 0.3 is 0 Å². The minimum Gasteiger partial charge on any atom is -0.385 e. The number of para-hydroxylation sites is 2. The summed E-state index contributed by atoms with van der Waals surface area (Å²) in [7, 11) is 0. The second-order valence-corrected chi connectivity index (χ2v) is 6.11. The summed E-state index contributed by atoms with van der Waals surface area (Å²) in [5, 5.41) is 13.1. The molecule has 0 spiro atoms. The van der Waals surface area contributed by atoms with Gasteiger partial charge in [0.25, 0.3) is 0 Å². The molecular weight excluding hydrogens is 282 g/mol. The summed E-state index contributed by atoms with van der Waals surface area (Å²) in [4.78, 5) is 9.05. The molecule has 1 aromatic carbocycles. The number of rotatable bonds is 5. The summed E-state index contributed by atoms with van der Waals surface area (Å²) >= 11 is 1.50. The average molecular weight is 301 g/mol. The number of imidazole rings is 1. The van der Waals surface area contributed by atoms with Crippen molar-refractivity contribution in [1.29, 1.82) is 0 Å². The summed E-state index contributed by atoms with van der Waals surface area (Å²) in [6.07, 6.45) is 0.956. The van der Waals surface area contributed by atoms with Gasteiger partial charge in [0.15, 0.2) is 0 Å². The number of hydrogen-bond acceptors (Lipinski definition) is 4. The lowest BCUT2D eigenvalue weighted by Gasteiger charge is -2.10. The molecular formula is C16H19N3OS. The Morgan fingerprint density at radius 2 is 2.10 bits per heavy atom. The fourth-order valence-corrected chi connectivity index (χ4v) is 3.32. The quantitative estimate of drug-likeness (QED) is 0.785. The van der Waals surface area contributed by atoms with E-state index >= 15 is 0 Å². The van der Waals surface area contributed by atoms with E-state index in [1.54, 1.807) is 0 Å². The highest BCUT2D eigenvalue weighted by atomic mass is 32.1. The molecule has 0 aliphatic heterocycles. The second kappa shape index (κ2) is 5.95. The summed E-state index contributed by atoms with van der Waals surface area (Å²) in [6, 6.07) is 8.13. The maximum absolute atomic E-state index is 10.4. The lowest BCUT2D eigenvalue weighted by molar-refractivity contribution is 0.174. The molecule has 1 unspecified atom stereocenters. The molecule has 5 heteroatoms. The smallest absolute Gasteiger partial charge is 0.122 e. The first-order valence-corrected chi connectivity index (χ1v) is 8.11. The maximum atomic E-state index is 10.4. The molecule has 4 nitrogen and oxygen atoms in total. The highest BCUT2D eigenvalue weighted by Gasteiger charge is 2.17. The van der Waals surface area contributed by atoms with E-state index in [1.807, 2.05) is 30.5 Å². The Morgan fingerprint density at radius 3 is 2.81 bits per heavy atom. The van der Waals surface area contributed by atoms with Gasteiger partial charge in [-0.25, -0.2) is 9.97 Å². The highest BCUT2D eigenvalue weighted by Crippen LogP contribution is 2.24. The number of aromatic nitrogens is 3. The number of aliphatic hydroxyl groups is 1. The van der Waals surface area contributed by atoms with Crippen molar-refractivity contribution in [2.45, 2.75) is 39.3 Å². The Bertz CT molecular complexity index is 747. The molecule has 0 aliphatic rings. The van der Waals surface area contributed by atoms with E-state index in [0.717, 1.165) is 40.5 Å². The van der Waals surface area contributed by atoms with Crippen molar-refractivity contribution < 1.29 is 5.11 Å². The van der Waals surface area contributed by atoms with Gasteiger partial charge in [0.2, 0.25) is 0 Å². The maximum Gasteiger partial charge on any atom is 0.122 e. The topological polar surface area (TPSA) is 50.9 Å². The van der Waals surface area contributed by atoms with E-state index in [9.17, 15) is 5.11 Å². The third-order valence-electron chi connectivity index (χ3n) is 3.48. The molecule has 0 bridgehead atoms. The Labute approximate surface area is 128 Å². The minimum absolute atomic E-state index is 0.502. The van der Waals surface area contributed by atoms with Crippen molar-refractivity contribution in [2.24, 2.45) is 0 Å². The van der Waals surface area contributed by atoms with Crippen LogP contribution in [0.3, 0.4) is 0 Å². The lowest BCUT2D eigenvalue weighted by Crippen LogP contribution is -2.09. The predicted octanol–water partition coefficient (Wildman–Crippen LogP) is 3.49. The van der Waals surface area contributed by atoms with Crippen LogP contribution in [0.5, 0.6) is 0 Å². The van der Waals surface area contributed by atoms with Gasteiger partial charge in [-0.05, 0) is 25.5 Å². The van der Waals surface area contributed by atoms with Crippen LogP contribution in [0.15, 0.2) is 29.6 Å². The van der Waals surface area contributed by atoms with Gasteiger partial charge in [-0.3, -0.25) is 0 Å².